The summed E-state index contributed by atoms with van der Waals surface area (Å²) in [6, 6.07) is 0. The third-order valence-electron chi connectivity index (χ3n) is 1.32. The summed E-state index contributed by atoms with van der Waals surface area (Å²) in [5.41, 5.74) is 0. The number of rotatable bonds is 5. The summed E-state index contributed by atoms with van der Waals surface area (Å²) in [6.07, 6.45) is 5.07. The van der Waals surface area contributed by atoms with Gasteiger partial charge in [-0.05, 0) is 12.8 Å². The Hall–Kier alpha value is 0.247. The molecule has 0 aromatic heterocycles. The number of allylic oxidation sites excluding steroid dienone is 1. The van der Waals surface area contributed by atoms with E-state index in [9.17, 15) is 0 Å². The molecular formula is C7H15ClSi. The highest BCUT2D eigenvalue weighted by molar-refractivity contribution is 6.97. The second kappa shape index (κ2) is 6.37. The lowest BCUT2D eigenvalue weighted by molar-refractivity contribution is 0.725. The molecule has 0 atom stereocenters. The predicted molar refractivity (Wildman–Crippen MR) is 47.7 cm³/mol. The maximum absolute atomic E-state index is 5.67. The van der Waals surface area contributed by atoms with Crippen molar-refractivity contribution in [2.75, 3.05) is 0 Å². The van der Waals surface area contributed by atoms with Crippen LogP contribution in [0.25, 0.3) is 0 Å². The monoisotopic (exact) mass is 162 g/mol. The molecule has 0 aromatic rings. The first-order valence-corrected chi connectivity index (χ1v) is 6.38. The lowest BCUT2D eigenvalue weighted by Crippen LogP contribution is -1.85. The van der Waals surface area contributed by atoms with Crippen LogP contribution in [-0.2, 0) is 0 Å². The van der Waals surface area contributed by atoms with Gasteiger partial charge >= 0.3 is 0 Å². The van der Waals surface area contributed by atoms with Crippen LogP contribution in [0.5, 0.6) is 0 Å². The van der Waals surface area contributed by atoms with Crippen molar-refractivity contribution < 1.29 is 0 Å². The largest absolute Gasteiger partial charge is 0.170 e. The van der Waals surface area contributed by atoms with E-state index < -0.39 is 8.83 Å². The van der Waals surface area contributed by atoms with Crippen molar-refractivity contribution in [1.29, 1.82) is 0 Å². The van der Waals surface area contributed by atoms with E-state index in [0.29, 0.717) is 0 Å². The maximum atomic E-state index is 5.67. The van der Waals surface area contributed by atoms with Gasteiger partial charge in [-0.1, -0.05) is 25.0 Å². The fourth-order valence-corrected chi connectivity index (χ4v) is 1.48. The van der Waals surface area contributed by atoms with Crippen molar-refractivity contribution in [3.05, 3.63) is 11.8 Å². The first-order valence-electron chi connectivity index (χ1n) is 3.54. The molecule has 0 aliphatic carbocycles. The third kappa shape index (κ3) is 6.13. The highest BCUT2D eigenvalue weighted by atomic mass is 35.6. The van der Waals surface area contributed by atoms with Crippen molar-refractivity contribution in [3.8, 4) is 0 Å². The predicted octanol–water partition coefficient (Wildman–Crippen LogP) is 2.40. The Morgan fingerprint density at radius 1 is 1.56 bits per heavy atom. The standard InChI is InChI=1S/C7H15ClSi/c1-3-4-5-6-7(2)9-8/h2-6,9H2,1H3. The topological polar surface area (TPSA) is 0 Å². The molecule has 0 amide bonds. The molecule has 0 aromatic carbocycles. The van der Waals surface area contributed by atoms with Gasteiger partial charge in [0.25, 0.3) is 0 Å². The fraction of sp³-hybridized carbons (Fsp3) is 0.714. The lowest BCUT2D eigenvalue weighted by atomic mass is 10.2. The van der Waals surface area contributed by atoms with Crippen molar-refractivity contribution in [3.63, 3.8) is 0 Å². The normalized spacial score (nSPS) is 10.9. The van der Waals surface area contributed by atoms with Crippen molar-refractivity contribution >= 4 is 19.9 Å². The minimum absolute atomic E-state index is 0.412. The van der Waals surface area contributed by atoms with E-state index in [4.69, 9.17) is 11.1 Å². The van der Waals surface area contributed by atoms with Crippen LogP contribution in [0, 0.1) is 0 Å². The molecule has 0 unspecified atom stereocenters. The van der Waals surface area contributed by atoms with E-state index in [1.54, 1.807) is 0 Å². The maximum Gasteiger partial charge on any atom is 0.151 e. The highest BCUT2D eigenvalue weighted by Crippen LogP contribution is 2.05. The first kappa shape index (κ1) is 9.25. The van der Waals surface area contributed by atoms with E-state index >= 15 is 0 Å². The van der Waals surface area contributed by atoms with Gasteiger partial charge in [0.05, 0.1) is 0 Å². The number of unbranched alkanes of at least 4 members (excludes halogenated alkanes) is 2. The molecule has 0 spiro atoms. The average Bonchev–Trinajstić information content (AvgIpc) is 1.89. The smallest absolute Gasteiger partial charge is 0.151 e. The molecule has 2 heteroatoms. The summed E-state index contributed by atoms with van der Waals surface area (Å²) in [7, 11) is -0.412. The van der Waals surface area contributed by atoms with E-state index in [0.717, 1.165) is 0 Å². The Bertz CT molecular complexity index is 81.0. The third-order valence-corrected chi connectivity index (χ3v) is 3.19. The molecule has 54 valence electrons. The summed E-state index contributed by atoms with van der Waals surface area (Å²) < 4.78 is 0. The molecule has 0 rings (SSSR count). The van der Waals surface area contributed by atoms with Crippen LogP contribution in [0.1, 0.15) is 32.6 Å². The second-order valence-corrected chi connectivity index (χ2v) is 4.41. The van der Waals surface area contributed by atoms with Gasteiger partial charge < -0.3 is 0 Å². The molecule has 0 nitrogen and oxygen atoms in total. The van der Waals surface area contributed by atoms with Crippen LogP contribution in [0.2, 0.25) is 0 Å². The summed E-state index contributed by atoms with van der Waals surface area (Å²) in [6.45, 7) is 6.08. The Kier molecular flexibility index (Phi) is 6.54. The molecule has 0 fully saturated rings. The van der Waals surface area contributed by atoms with Crippen LogP contribution in [0.15, 0.2) is 11.8 Å². The van der Waals surface area contributed by atoms with Crippen LogP contribution >= 0.6 is 11.1 Å². The van der Waals surface area contributed by atoms with Gasteiger partial charge in [0.2, 0.25) is 0 Å². The molecule has 0 saturated heterocycles. The Morgan fingerprint density at radius 3 is 2.67 bits per heavy atom. The van der Waals surface area contributed by atoms with Gasteiger partial charge in [0.15, 0.2) is 8.83 Å². The summed E-state index contributed by atoms with van der Waals surface area (Å²) in [5, 5.41) is 1.31. The molecule has 0 aliphatic heterocycles. The molecule has 0 saturated carbocycles. The van der Waals surface area contributed by atoms with Crippen molar-refractivity contribution in [1.82, 2.24) is 0 Å². The number of halogens is 1. The lowest BCUT2D eigenvalue weighted by Gasteiger charge is -1.97. The zero-order valence-corrected chi connectivity index (χ0v) is 8.29. The van der Waals surface area contributed by atoms with Gasteiger partial charge in [-0.2, -0.15) is 11.1 Å². The molecule has 0 aliphatic rings. The van der Waals surface area contributed by atoms with Gasteiger partial charge in [0.1, 0.15) is 0 Å². The van der Waals surface area contributed by atoms with Crippen LogP contribution in [0.3, 0.4) is 0 Å². The molecule has 0 N–H and O–H groups in total. The Morgan fingerprint density at radius 2 is 2.22 bits per heavy atom. The molecule has 0 radical (unpaired) electrons. The fourth-order valence-electron chi connectivity index (χ4n) is 0.692. The van der Waals surface area contributed by atoms with Crippen LogP contribution in [-0.4, -0.2) is 8.83 Å². The summed E-state index contributed by atoms with van der Waals surface area (Å²) in [5.74, 6) is 0. The Balaban J connectivity index is 2.97. The Labute approximate surface area is 64.8 Å². The van der Waals surface area contributed by atoms with Gasteiger partial charge in [-0.15, -0.1) is 6.58 Å². The average molecular weight is 163 g/mol. The zero-order chi connectivity index (χ0) is 7.11. The quantitative estimate of drug-likeness (QED) is 0.331. The first-order chi connectivity index (χ1) is 4.31. The minimum Gasteiger partial charge on any atom is -0.170 e. The summed E-state index contributed by atoms with van der Waals surface area (Å²) >= 11 is 5.67. The van der Waals surface area contributed by atoms with Crippen LogP contribution in [0.4, 0.5) is 0 Å². The van der Waals surface area contributed by atoms with E-state index in [1.165, 1.54) is 30.9 Å². The number of hydrogen-bond acceptors (Lipinski definition) is 0. The van der Waals surface area contributed by atoms with Crippen molar-refractivity contribution in [2.24, 2.45) is 0 Å². The van der Waals surface area contributed by atoms with Crippen LogP contribution < -0.4 is 0 Å². The molecule has 0 bridgehead atoms. The summed E-state index contributed by atoms with van der Waals surface area (Å²) in [4.78, 5) is 0. The minimum atomic E-state index is -0.412. The van der Waals surface area contributed by atoms with Gasteiger partial charge in [-0.25, -0.2) is 0 Å². The van der Waals surface area contributed by atoms with Gasteiger partial charge in [0, 0.05) is 0 Å². The molecule has 9 heavy (non-hydrogen) atoms. The molecular weight excluding hydrogens is 148 g/mol. The van der Waals surface area contributed by atoms with Gasteiger partial charge in [-0.3, -0.25) is 0 Å². The zero-order valence-electron chi connectivity index (χ0n) is 6.12. The van der Waals surface area contributed by atoms with E-state index in [-0.39, 0.29) is 0 Å². The second-order valence-electron chi connectivity index (χ2n) is 2.34. The van der Waals surface area contributed by atoms with E-state index in [1.807, 2.05) is 0 Å². The highest BCUT2D eigenvalue weighted by Gasteiger charge is 1.90. The van der Waals surface area contributed by atoms with Crippen molar-refractivity contribution in [2.45, 2.75) is 32.6 Å². The van der Waals surface area contributed by atoms with E-state index in [2.05, 4.69) is 13.5 Å². The molecule has 0 heterocycles. The SMILES string of the molecule is C=C(CCCCC)[SiH2]Cl. The number of hydrogen-bond donors (Lipinski definition) is 0.